The summed E-state index contributed by atoms with van der Waals surface area (Å²) < 4.78 is 5.46. The van der Waals surface area contributed by atoms with Gasteiger partial charge in [-0.05, 0) is 49.8 Å². The van der Waals surface area contributed by atoms with Crippen LogP contribution in [-0.2, 0) is 11.2 Å². The van der Waals surface area contributed by atoms with Crippen molar-refractivity contribution in [3.8, 4) is 5.75 Å². The Balaban J connectivity index is 1.77. The number of nitrogens with one attached hydrogen (secondary N) is 1. The molecule has 0 aliphatic heterocycles. The summed E-state index contributed by atoms with van der Waals surface area (Å²) in [5.74, 6) is 0.771. The first-order chi connectivity index (χ1) is 10.1. The normalized spacial score (nSPS) is 27.6. The molecule has 0 spiro atoms. The molecule has 1 fully saturated rings. The summed E-state index contributed by atoms with van der Waals surface area (Å²) in [6.45, 7) is 0. The minimum Gasteiger partial charge on any atom is -0.496 e. The maximum absolute atomic E-state index is 11.1. The lowest BCUT2D eigenvalue weighted by Crippen LogP contribution is -2.47. The smallest absolute Gasteiger partial charge is 0.220 e. The van der Waals surface area contributed by atoms with E-state index in [1.807, 2.05) is 12.1 Å². The minimum absolute atomic E-state index is 0.0337. The summed E-state index contributed by atoms with van der Waals surface area (Å²) >= 11 is 6.42. The van der Waals surface area contributed by atoms with E-state index in [-0.39, 0.29) is 17.9 Å². The predicted octanol–water partition coefficient (Wildman–Crippen LogP) is 2.58. The fraction of sp³-hybridized carbons (Fsp3) is 0.562. The van der Waals surface area contributed by atoms with Crippen molar-refractivity contribution in [1.82, 2.24) is 5.32 Å². The second-order valence-corrected chi connectivity index (χ2v) is 6.43. The Morgan fingerprint density at radius 2 is 2.19 bits per heavy atom. The quantitative estimate of drug-likeness (QED) is 0.898. The van der Waals surface area contributed by atoms with Crippen LogP contribution < -0.4 is 15.8 Å². The number of benzene rings is 1. The van der Waals surface area contributed by atoms with Gasteiger partial charge in [-0.1, -0.05) is 11.6 Å². The van der Waals surface area contributed by atoms with E-state index in [4.69, 9.17) is 22.1 Å². The monoisotopic (exact) mass is 308 g/mol. The lowest BCUT2D eigenvalue weighted by molar-refractivity contribution is -0.125. The number of primary amides is 1. The van der Waals surface area contributed by atoms with E-state index in [1.54, 1.807) is 7.11 Å². The van der Waals surface area contributed by atoms with Crippen molar-refractivity contribution in [2.24, 2.45) is 11.7 Å². The molecule has 1 amide bonds. The molecule has 0 heterocycles. The summed E-state index contributed by atoms with van der Waals surface area (Å²) in [6.07, 6.45) is 4.86. The van der Waals surface area contributed by atoms with Gasteiger partial charge in [0.15, 0.2) is 0 Å². The van der Waals surface area contributed by atoms with Crippen LogP contribution in [0.2, 0.25) is 5.02 Å². The molecular formula is C16H21ClN2O2. The summed E-state index contributed by atoms with van der Waals surface area (Å²) in [5, 5.41) is 4.44. The van der Waals surface area contributed by atoms with E-state index in [0.717, 1.165) is 42.9 Å². The summed E-state index contributed by atoms with van der Waals surface area (Å²) in [4.78, 5) is 11.1. The van der Waals surface area contributed by atoms with Crippen LogP contribution in [0.5, 0.6) is 5.75 Å². The van der Waals surface area contributed by atoms with Crippen LogP contribution in [-0.4, -0.2) is 19.1 Å². The molecule has 2 aliphatic carbocycles. The average molecular weight is 309 g/mol. The van der Waals surface area contributed by atoms with Crippen molar-refractivity contribution < 1.29 is 9.53 Å². The number of fused-ring (bicyclic) bond motifs is 1. The van der Waals surface area contributed by atoms with Gasteiger partial charge in [0.2, 0.25) is 5.91 Å². The Hall–Kier alpha value is -1.26. The fourth-order valence-corrected chi connectivity index (χ4v) is 3.82. The number of nitrogens with two attached hydrogens (primary N) is 1. The molecule has 3 rings (SSSR count). The van der Waals surface area contributed by atoms with E-state index < -0.39 is 0 Å². The number of rotatable bonds is 4. The maximum atomic E-state index is 11.1. The van der Waals surface area contributed by atoms with Gasteiger partial charge in [0.1, 0.15) is 5.75 Å². The van der Waals surface area contributed by atoms with E-state index in [9.17, 15) is 4.79 Å². The van der Waals surface area contributed by atoms with Crippen LogP contribution in [0, 0.1) is 5.92 Å². The summed E-state index contributed by atoms with van der Waals surface area (Å²) in [7, 11) is 1.70. The number of methoxy groups -OCH3 is 1. The van der Waals surface area contributed by atoms with Crippen molar-refractivity contribution in [2.45, 2.75) is 44.2 Å². The highest BCUT2D eigenvalue weighted by molar-refractivity contribution is 6.31. The zero-order valence-electron chi connectivity index (χ0n) is 12.2. The third kappa shape index (κ3) is 2.74. The number of hydrogen-bond donors (Lipinski definition) is 2. The average Bonchev–Trinajstić information content (AvgIpc) is 2.42. The highest BCUT2D eigenvalue weighted by Crippen LogP contribution is 2.41. The first-order valence-electron chi connectivity index (χ1n) is 7.50. The van der Waals surface area contributed by atoms with Crippen LogP contribution in [0.25, 0.3) is 0 Å². The van der Waals surface area contributed by atoms with E-state index in [1.165, 1.54) is 11.1 Å². The largest absolute Gasteiger partial charge is 0.496 e. The molecule has 3 N–H and O–H groups in total. The van der Waals surface area contributed by atoms with Crippen LogP contribution in [0.4, 0.5) is 0 Å². The van der Waals surface area contributed by atoms with Crippen molar-refractivity contribution >= 4 is 17.5 Å². The molecule has 1 atom stereocenters. The molecule has 0 radical (unpaired) electrons. The molecule has 0 bridgehead atoms. The highest BCUT2D eigenvalue weighted by Gasteiger charge is 2.36. The van der Waals surface area contributed by atoms with E-state index in [2.05, 4.69) is 5.32 Å². The van der Waals surface area contributed by atoms with Crippen LogP contribution in [0.3, 0.4) is 0 Å². The van der Waals surface area contributed by atoms with Gasteiger partial charge in [0, 0.05) is 28.6 Å². The first kappa shape index (κ1) is 14.7. The van der Waals surface area contributed by atoms with Gasteiger partial charge in [0.05, 0.1) is 7.11 Å². The standard InChI is InChI=1S/C16H21ClN2O2/c1-21-14-6-5-12(17)15-11(14)3-2-4-13(15)19-10-7-9(8-10)16(18)20/h5-6,9-10,13,19H,2-4,7-8H2,1H3,(H2,18,20). The Kier molecular flexibility index (Phi) is 4.09. The van der Waals surface area contributed by atoms with Crippen LogP contribution >= 0.6 is 11.6 Å². The van der Waals surface area contributed by atoms with Gasteiger partial charge in [0.25, 0.3) is 0 Å². The molecule has 1 aromatic carbocycles. The minimum atomic E-state index is -0.184. The molecule has 114 valence electrons. The molecule has 1 aromatic rings. The first-order valence-corrected chi connectivity index (χ1v) is 7.88. The number of halogens is 1. The van der Waals surface area contributed by atoms with E-state index in [0.29, 0.717) is 6.04 Å². The van der Waals surface area contributed by atoms with Crippen LogP contribution in [0.1, 0.15) is 42.9 Å². The molecule has 1 unspecified atom stereocenters. The second kappa shape index (κ2) is 5.85. The SMILES string of the molecule is COc1ccc(Cl)c2c1CCCC2NC1CC(C(N)=O)C1. The number of hydrogen-bond acceptors (Lipinski definition) is 3. The molecule has 21 heavy (non-hydrogen) atoms. The molecule has 2 aliphatic rings. The molecule has 0 saturated heterocycles. The molecular weight excluding hydrogens is 288 g/mol. The Labute approximate surface area is 130 Å². The zero-order valence-corrected chi connectivity index (χ0v) is 13.0. The Morgan fingerprint density at radius 3 is 2.86 bits per heavy atom. The Morgan fingerprint density at radius 1 is 1.43 bits per heavy atom. The molecule has 0 aromatic heterocycles. The molecule has 4 nitrogen and oxygen atoms in total. The number of ether oxygens (including phenoxy) is 1. The van der Waals surface area contributed by atoms with Gasteiger partial charge < -0.3 is 15.8 Å². The van der Waals surface area contributed by atoms with Gasteiger partial charge in [-0.25, -0.2) is 0 Å². The van der Waals surface area contributed by atoms with Gasteiger partial charge in [-0.2, -0.15) is 0 Å². The number of carbonyl (C=O) groups excluding carboxylic acids is 1. The Bertz CT molecular complexity index is 555. The van der Waals surface area contributed by atoms with Gasteiger partial charge >= 0.3 is 0 Å². The highest BCUT2D eigenvalue weighted by atomic mass is 35.5. The van der Waals surface area contributed by atoms with Crippen molar-refractivity contribution in [1.29, 1.82) is 0 Å². The van der Waals surface area contributed by atoms with E-state index >= 15 is 0 Å². The number of carbonyl (C=O) groups is 1. The van der Waals surface area contributed by atoms with Crippen molar-refractivity contribution in [2.75, 3.05) is 7.11 Å². The lowest BCUT2D eigenvalue weighted by atomic mass is 9.78. The van der Waals surface area contributed by atoms with Crippen molar-refractivity contribution in [3.05, 3.63) is 28.3 Å². The second-order valence-electron chi connectivity index (χ2n) is 6.02. The topological polar surface area (TPSA) is 64.3 Å². The zero-order chi connectivity index (χ0) is 15.0. The van der Waals surface area contributed by atoms with Gasteiger partial charge in [-0.15, -0.1) is 0 Å². The molecule has 1 saturated carbocycles. The fourth-order valence-electron chi connectivity index (χ4n) is 3.51. The number of amides is 1. The van der Waals surface area contributed by atoms with Gasteiger partial charge in [-0.3, -0.25) is 4.79 Å². The molecule has 5 heteroatoms. The summed E-state index contributed by atoms with van der Waals surface area (Å²) in [5.41, 5.74) is 7.72. The third-order valence-electron chi connectivity index (χ3n) is 4.73. The lowest BCUT2D eigenvalue weighted by Gasteiger charge is -2.39. The third-order valence-corrected chi connectivity index (χ3v) is 5.06. The van der Waals surface area contributed by atoms with Crippen molar-refractivity contribution in [3.63, 3.8) is 0 Å². The maximum Gasteiger partial charge on any atom is 0.220 e. The summed E-state index contributed by atoms with van der Waals surface area (Å²) in [6, 6.07) is 4.46. The van der Waals surface area contributed by atoms with Crippen LogP contribution in [0.15, 0.2) is 12.1 Å². The predicted molar refractivity (Wildman–Crippen MR) is 82.5 cm³/mol.